The Bertz CT molecular complexity index is 279. The van der Waals surface area contributed by atoms with E-state index < -0.39 is 5.38 Å². The molecule has 1 rings (SSSR count). The Labute approximate surface area is 80.1 Å². The minimum Gasteiger partial charge on any atom is -0.363 e. The van der Waals surface area contributed by atoms with Gasteiger partial charge in [0, 0.05) is 20.3 Å². The molecule has 0 aliphatic rings. The van der Waals surface area contributed by atoms with Crippen molar-refractivity contribution in [2.24, 2.45) is 0 Å². The zero-order valence-corrected chi connectivity index (χ0v) is 8.02. The van der Waals surface area contributed by atoms with E-state index in [1.807, 2.05) is 0 Å². The van der Waals surface area contributed by atoms with Crippen LogP contribution < -0.4 is 4.90 Å². The summed E-state index contributed by atoms with van der Waals surface area (Å²) < 4.78 is 25.0. The summed E-state index contributed by atoms with van der Waals surface area (Å²) in [7, 11) is 3.56. The highest BCUT2D eigenvalue weighted by molar-refractivity contribution is 6.21. The first-order valence-electron chi connectivity index (χ1n) is 3.62. The molecule has 0 bridgehead atoms. The van der Waals surface area contributed by atoms with Gasteiger partial charge in [0.2, 0.25) is 0 Å². The smallest absolute Gasteiger partial charge is 0.349 e. The average Bonchev–Trinajstić information content (AvgIpc) is 2.03. The molecule has 0 saturated carbocycles. The van der Waals surface area contributed by atoms with E-state index in [0.29, 0.717) is 5.82 Å². The molecule has 0 aliphatic carbocycles. The van der Waals surface area contributed by atoms with Gasteiger partial charge in [-0.15, -0.1) is 0 Å². The maximum atomic E-state index is 12.5. The van der Waals surface area contributed by atoms with Crippen LogP contribution in [0.1, 0.15) is 5.56 Å². The van der Waals surface area contributed by atoms with Gasteiger partial charge < -0.3 is 4.90 Å². The number of aromatic nitrogens is 1. The van der Waals surface area contributed by atoms with Gasteiger partial charge in [-0.25, -0.2) is 4.98 Å². The molecule has 0 aliphatic heterocycles. The number of hydrogen-bond donors (Lipinski definition) is 0. The molecular weight excluding hydrogens is 198 g/mol. The fourth-order valence-corrected chi connectivity index (χ4v) is 0.930. The monoisotopic (exact) mass is 206 g/mol. The lowest BCUT2D eigenvalue weighted by molar-refractivity contribution is 0.0947. The first kappa shape index (κ1) is 10.2. The molecule has 0 radical (unpaired) electrons. The Morgan fingerprint density at radius 3 is 2.31 bits per heavy atom. The Morgan fingerprint density at radius 1 is 1.38 bits per heavy atom. The molecule has 0 amide bonds. The van der Waals surface area contributed by atoms with Gasteiger partial charge >= 0.3 is 5.38 Å². The molecule has 0 atom stereocenters. The lowest BCUT2D eigenvalue weighted by atomic mass is 10.3. The van der Waals surface area contributed by atoms with E-state index in [1.165, 1.54) is 12.1 Å². The number of anilines is 1. The van der Waals surface area contributed by atoms with Crippen molar-refractivity contribution in [3.8, 4) is 0 Å². The van der Waals surface area contributed by atoms with Gasteiger partial charge in [0.25, 0.3) is 0 Å². The van der Waals surface area contributed by atoms with E-state index in [2.05, 4.69) is 4.98 Å². The van der Waals surface area contributed by atoms with E-state index in [9.17, 15) is 8.78 Å². The minimum absolute atomic E-state index is 0.292. The van der Waals surface area contributed by atoms with Gasteiger partial charge in [-0.3, -0.25) is 0 Å². The lowest BCUT2D eigenvalue weighted by Gasteiger charge is -2.12. The summed E-state index contributed by atoms with van der Waals surface area (Å²) in [6.07, 6.45) is 1.07. The minimum atomic E-state index is -3.34. The molecule has 72 valence electrons. The molecule has 5 heteroatoms. The molecule has 0 aromatic carbocycles. The van der Waals surface area contributed by atoms with Gasteiger partial charge in [-0.2, -0.15) is 8.78 Å². The summed E-state index contributed by atoms with van der Waals surface area (Å²) in [5.74, 6) is 0.615. The van der Waals surface area contributed by atoms with Crippen LogP contribution in [0.3, 0.4) is 0 Å². The van der Waals surface area contributed by atoms with E-state index in [4.69, 9.17) is 11.6 Å². The third-order valence-electron chi connectivity index (χ3n) is 1.53. The normalized spacial score (nSPS) is 11.5. The van der Waals surface area contributed by atoms with Crippen LogP contribution in [0, 0.1) is 0 Å². The molecule has 1 heterocycles. The maximum absolute atomic E-state index is 12.5. The summed E-state index contributed by atoms with van der Waals surface area (Å²) in [4.78, 5) is 5.52. The van der Waals surface area contributed by atoms with Crippen LogP contribution in [0.15, 0.2) is 18.3 Å². The van der Waals surface area contributed by atoms with Crippen LogP contribution in [0.5, 0.6) is 0 Å². The van der Waals surface area contributed by atoms with Crippen molar-refractivity contribution in [1.82, 2.24) is 4.98 Å². The third kappa shape index (κ3) is 2.52. The van der Waals surface area contributed by atoms with E-state index in [-0.39, 0.29) is 5.56 Å². The number of nitrogens with zero attached hydrogens (tertiary/aromatic N) is 2. The molecule has 0 saturated heterocycles. The highest BCUT2D eigenvalue weighted by atomic mass is 35.5. The number of rotatable bonds is 2. The summed E-state index contributed by atoms with van der Waals surface area (Å²) in [6, 6.07) is 2.75. The second-order valence-electron chi connectivity index (χ2n) is 2.80. The maximum Gasteiger partial charge on any atom is 0.349 e. The van der Waals surface area contributed by atoms with Crippen molar-refractivity contribution in [3.05, 3.63) is 23.9 Å². The van der Waals surface area contributed by atoms with Crippen LogP contribution in [-0.2, 0) is 5.38 Å². The fourth-order valence-electron chi connectivity index (χ4n) is 0.818. The third-order valence-corrected chi connectivity index (χ3v) is 1.75. The van der Waals surface area contributed by atoms with Crippen LogP contribution >= 0.6 is 11.6 Å². The summed E-state index contributed by atoms with van der Waals surface area (Å²) in [5.41, 5.74) is -0.292. The second-order valence-corrected chi connectivity index (χ2v) is 3.27. The number of alkyl halides is 3. The highest BCUT2D eigenvalue weighted by Gasteiger charge is 2.27. The van der Waals surface area contributed by atoms with Gasteiger partial charge in [0.05, 0.1) is 5.56 Å². The van der Waals surface area contributed by atoms with Gasteiger partial charge in [0.15, 0.2) is 0 Å². The Morgan fingerprint density at radius 2 is 2.00 bits per heavy atom. The topological polar surface area (TPSA) is 16.1 Å². The molecule has 1 aromatic rings. The first-order chi connectivity index (χ1) is 5.91. The van der Waals surface area contributed by atoms with Crippen molar-refractivity contribution in [2.45, 2.75) is 5.38 Å². The first-order valence-corrected chi connectivity index (χ1v) is 3.99. The van der Waals surface area contributed by atoms with Gasteiger partial charge in [-0.05, 0) is 23.7 Å². The molecule has 2 nitrogen and oxygen atoms in total. The van der Waals surface area contributed by atoms with E-state index in [0.717, 1.165) is 6.20 Å². The highest BCUT2D eigenvalue weighted by Crippen LogP contribution is 2.31. The number of halogens is 3. The molecule has 1 aromatic heterocycles. The Kier molecular flexibility index (Phi) is 2.71. The molecule has 0 unspecified atom stereocenters. The number of pyridine rings is 1. The molecule has 13 heavy (non-hydrogen) atoms. The molecule has 0 spiro atoms. The zero-order valence-electron chi connectivity index (χ0n) is 7.26. The number of hydrogen-bond acceptors (Lipinski definition) is 2. The molecular formula is C8H9ClF2N2. The van der Waals surface area contributed by atoms with Crippen molar-refractivity contribution >= 4 is 17.4 Å². The predicted octanol–water partition coefficient (Wildman–Crippen LogP) is 2.44. The quantitative estimate of drug-likeness (QED) is 0.691. The van der Waals surface area contributed by atoms with E-state index in [1.54, 1.807) is 19.0 Å². The second kappa shape index (κ2) is 3.46. The standard InChI is InChI=1S/C8H9ClF2N2/c1-13(2)7-4-3-6(5-12-7)8(9,10)11/h3-5H,1-2H3. The zero-order chi connectivity index (χ0) is 10.1. The van der Waals surface area contributed by atoms with Crippen LogP contribution in [0.4, 0.5) is 14.6 Å². The largest absolute Gasteiger partial charge is 0.363 e. The van der Waals surface area contributed by atoms with Crippen molar-refractivity contribution in [1.29, 1.82) is 0 Å². The molecule has 0 fully saturated rings. The van der Waals surface area contributed by atoms with Gasteiger partial charge in [-0.1, -0.05) is 0 Å². The van der Waals surface area contributed by atoms with Crippen molar-refractivity contribution in [2.75, 3.05) is 19.0 Å². The SMILES string of the molecule is CN(C)c1ccc(C(F)(F)Cl)cn1. The summed E-state index contributed by atoms with van der Waals surface area (Å²) in [5, 5.41) is -3.34. The van der Waals surface area contributed by atoms with Crippen LogP contribution in [-0.4, -0.2) is 19.1 Å². The van der Waals surface area contributed by atoms with E-state index >= 15 is 0 Å². The van der Waals surface area contributed by atoms with Gasteiger partial charge in [0.1, 0.15) is 5.82 Å². The summed E-state index contributed by atoms with van der Waals surface area (Å²) in [6.45, 7) is 0. The van der Waals surface area contributed by atoms with Crippen LogP contribution in [0.25, 0.3) is 0 Å². The lowest BCUT2D eigenvalue weighted by Crippen LogP contribution is -2.11. The van der Waals surface area contributed by atoms with Crippen molar-refractivity contribution < 1.29 is 8.78 Å². The molecule has 0 N–H and O–H groups in total. The Hall–Kier alpha value is -0.900. The summed E-state index contributed by atoms with van der Waals surface area (Å²) >= 11 is 4.80. The van der Waals surface area contributed by atoms with Crippen LogP contribution in [0.2, 0.25) is 0 Å². The average molecular weight is 207 g/mol. The fraction of sp³-hybridized carbons (Fsp3) is 0.375. The predicted molar refractivity (Wildman–Crippen MR) is 48.3 cm³/mol. The van der Waals surface area contributed by atoms with Crippen molar-refractivity contribution in [3.63, 3.8) is 0 Å². The Balaban J connectivity index is 2.94.